The first-order valence-electron chi connectivity index (χ1n) is 4.85. The largest absolute Gasteiger partial charge is 0.342 e. The summed E-state index contributed by atoms with van der Waals surface area (Å²) in [5, 5.41) is 2.87. The Bertz CT molecular complexity index is 579. The fourth-order valence-electron chi connectivity index (χ4n) is 1.69. The van der Waals surface area contributed by atoms with Gasteiger partial charge in [-0.15, -0.1) is 4.40 Å². The lowest BCUT2D eigenvalue weighted by molar-refractivity contribution is 0.591. The molecule has 1 aromatic rings. The van der Waals surface area contributed by atoms with Gasteiger partial charge < -0.3 is 5.32 Å². The van der Waals surface area contributed by atoms with Gasteiger partial charge in [0.2, 0.25) is 0 Å². The van der Waals surface area contributed by atoms with Crippen LogP contribution in [0.25, 0.3) is 0 Å². The highest BCUT2D eigenvalue weighted by Gasteiger charge is 2.26. The van der Waals surface area contributed by atoms with E-state index in [2.05, 4.69) is 9.71 Å². The number of hydrogen-bond donors (Lipinski definition) is 1. The fraction of sp³-hybridized carbons (Fsp3) is 0.300. The number of nitrogens with one attached hydrogen (secondary N) is 1. The van der Waals surface area contributed by atoms with Crippen molar-refractivity contribution < 1.29 is 12.8 Å². The normalized spacial score (nSPS) is 17.3. The number of halogens is 1. The molecule has 0 saturated carbocycles. The molecule has 2 rings (SSSR count). The molecule has 1 aliphatic heterocycles. The summed E-state index contributed by atoms with van der Waals surface area (Å²) in [6, 6.07) is 2.33. The van der Waals surface area contributed by atoms with Crippen LogP contribution < -0.4 is 5.32 Å². The van der Waals surface area contributed by atoms with Gasteiger partial charge in [-0.2, -0.15) is 8.42 Å². The van der Waals surface area contributed by atoms with E-state index < -0.39 is 15.8 Å². The van der Waals surface area contributed by atoms with Gasteiger partial charge in [-0.05, 0) is 31.0 Å². The molecular weight excluding hydrogens is 231 g/mol. The zero-order valence-electron chi connectivity index (χ0n) is 8.91. The molecule has 6 heteroatoms. The summed E-state index contributed by atoms with van der Waals surface area (Å²) < 4.78 is 40.1. The lowest BCUT2D eigenvalue weighted by Crippen LogP contribution is -2.20. The zero-order chi connectivity index (χ0) is 11.9. The highest BCUT2D eigenvalue weighted by atomic mass is 32.2. The van der Waals surface area contributed by atoms with Crippen LogP contribution in [0.2, 0.25) is 0 Å². The average Bonchev–Trinajstić information content (AvgIpc) is 2.17. The maximum atomic E-state index is 13.2. The lowest BCUT2D eigenvalue weighted by atomic mass is 10.1. The van der Waals surface area contributed by atoms with Crippen molar-refractivity contribution in [3.05, 3.63) is 23.5 Å². The number of benzene rings is 1. The van der Waals surface area contributed by atoms with E-state index in [1.54, 1.807) is 6.92 Å². The van der Waals surface area contributed by atoms with Gasteiger partial charge in [0.15, 0.2) is 0 Å². The van der Waals surface area contributed by atoms with Crippen LogP contribution in [0.15, 0.2) is 21.4 Å². The third kappa shape index (κ3) is 1.69. The van der Waals surface area contributed by atoms with Crippen LogP contribution in [0.1, 0.15) is 19.4 Å². The molecule has 0 aliphatic carbocycles. The Labute approximate surface area is 93.3 Å². The Morgan fingerprint density at radius 3 is 2.75 bits per heavy atom. The van der Waals surface area contributed by atoms with E-state index in [1.165, 1.54) is 6.07 Å². The highest BCUT2D eigenvalue weighted by Crippen LogP contribution is 2.31. The molecule has 0 aromatic heterocycles. The van der Waals surface area contributed by atoms with E-state index in [9.17, 15) is 12.8 Å². The van der Waals surface area contributed by atoms with Crippen molar-refractivity contribution in [3.63, 3.8) is 0 Å². The molecule has 0 atom stereocenters. The molecule has 4 nitrogen and oxygen atoms in total. The molecule has 1 aromatic carbocycles. The minimum absolute atomic E-state index is 0.0880. The Hall–Kier alpha value is -1.43. The third-order valence-electron chi connectivity index (χ3n) is 2.37. The van der Waals surface area contributed by atoms with Gasteiger partial charge in [-0.1, -0.05) is 6.92 Å². The number of amidine groups is 1. The smallest absolute Gasteiger partial charge is 0.286 e. The van der Waals surface area contributed by atoms with E-state index in [0.29, 0.717) is 23.5 Å². The van der Waals surface area contributed by atoms with Crippen LogP contribution in [0.3, 0.4) is 0 Å². The SMILES string of the molecule is CCc1cc(F)cc2c1NC(C)=NS2(=O)=O. The standard InChI is InChI=1S/C10H11FN2O2S/c1-3-7-4-8(11)5-9-10(7)12-6(2)13-16(9,14)15/h4-5H,3H2,1-2H3,(H,12,13). The van der Waals surface area contributed by atoms with E-state index in [1.807, 2.05) is 6.92 Å². The molecule has 16 heavy (non-hydrogen) atoms. The van der Waals surface area contributed by atoms with Gasteiger partial charge in [0.1, 0.15) is 16.5 Å². The topological polar surface area (TPSA) is 58.5 Å². The summed E-state index contributed by atoms with van der Waals surface area (Å²) in [6.07, 6.45) is 0.551. The molecule has 0 saturated heterocycles. The third-order valence-corrected chi connectivity index (χ3v) is 3.76. The van der Waals surface area contributed by atoms with Crippen LogP contribution >= 0.6 is 0 Å². The maximum absolute atomic E-state index is 13.2. The van der Waals surface area contributed by atoms with Gasteiger partial charge in [0.05, 0.1) is 5.69 Å². The van der Waals surface area contributed by atoms with Crippen molar-refractivity contribution in [1.29, 1.82) is 0 Å². The van der Waals surface area contributed by atoms with Gasteiger partial charge >= 0.3 is 0 Å². The molecule has 0 spiro atoms. The van der Waals surface area contributed by atoms with Crippen molar-refractivity contribution in [2.45, 2.75) is 25.2 Å². The summed E-state index contributed by atoms with van der Waals surface area (Å²) in [7, 11) is -3.76. The second-order valence-corrected chi connectivity index (χ2v) is 5.14. The summed E-state index contributed by atoms with van der Waals surface area (Å²) in [5.41, 5.74) is 1.07. The summed E-state index contributed by atoms with van der Waals surface area (Å²) in [6.45, 7) is 3.40. The Kier molecular flexibility index (Phi) is 2.46. The number of fused-ring (bicyclic) bond motifs is 1. The summed E-state index contributed by atoms with van der Waals surface area (Å²) >= 11 is 0. The van der Waals surface area contributed by atoms with Crippen LogP contribution in [0.4, 0.5) is 10.1 Å². The molecular formula is C10H11FN2O2S. The van der Waals surface area contributed by atoms with E-state index in [0.717, 1.165) is 6.07 Å². The van der Waals surface area contributed by atoms with Gasteiger partial charge in [0.25, 0.3) is 10.0 Å². The predicted molar refractivity (Wildman–Crippen MR) is 59.7 cm³/mol. The van der Waals surface area contributed by atoms with Crippen molar-refractivity contribution >= 4 is 21.5 Å². The zero-order valence-corrected chi connectivity index (χ0v) is 9.73. The number of nitrogens with zero attached hydrogens (tertiary/aromatic N) is 1. The first kappa shape index (κ1) is 11.1. The van der Waals surface area contributed by atoms with Crippen molar-refractivity contribution in [1.82, 2.24) is 0 Å². The molecule has 0 fully saturated rings. The van der Waals surface area contributed by atoms with Crippen LogP contribution in [0.5, 0.6) is 0 Å². The van der Waals surface area contributed by atoms with Crippen LogP contribution in [-0.2, 0) is 16.4 Å². The van der Waals surface area contributed by atoms with E-state index >= 15 is 0 Å². The van der Waals surface area contributed by atoms with Gasteiger partial charge in [0, 0.05) is 0 Å². The quantitative estimate of drug-likeness (QED) is 0.818. The van der Waals surface area contributed by atoms with Crippen molar-refractivity contribution in [2.24, 2.45) is 4.40 Å². The predicted octanol–water partition coefficient (Wildman–Crippen LogP) is 1.92. The van der Waals surface area contributed by atoms with Crippen molar-refractivity contribution in [2.75, 3.05) is 5.32 Å². The minimum Gasteiger partial charge on any atom is -0.342 e. The van der Waals surface area contributed by atoms with Gasteiger partial charge in [-0.3, -0.25) is 0 Å². The van der Waals surface area contributed by atoms with Crippen molar-refractivity contribution in [3.8, 4) is 0 Å². The number of hydrogen-bond acceptors (Lipinski definition) is 3. The minimum atomic E-state index is -3.76. The van der Waals surface area contributed by atoms with Crippen LogP contribution in [-0.4, -0.2) is 14.3 Å². The Morgan fingerprint density at radius 2 is 2.12 bits per heavy atom. The fourth-order valence-corrected chi connectivity index (χ4v) is 2.90. The molecule has 0 bridgehead atoms. The summed E-state index contributed by atoms with van der Waals surface area (Å²) in [4.78, 5) is -0.0880. The Balaban J connectivity index is 2.77. The molecule has 0 unspecified atom stereocenters. The van der Waals surface area contributed by atoms with Crippen LogP contribution in [0, 0.1) is 5.82 Å². The molecule has 0 amide bonds. The molecule has 1 N–H and O–H groups in total. The maximum Gasteiger partial charge on any atom is 0.286 e. The molecule has 1 aliphatic rings. The molecule has 86 valence electrons. The molecule has 0 radical (unpaired) electrons. The number of aryl methyl sites for hydroxylation is 1. The van der Waals surface area contributed by atoms with Gasteiger partial charge in [-0.25, -0.2) is 4.39 Å². The number of rotatable bonds is 1. The second-order valence-electron chi connectivity index (χ2n) is 3.57. The summed E-state index contributed by atoms with van der Waals surface area (Å²) in [5.74, 6) is -0.260. The Morgan fingerprint density at radius 1 is 1.44 bits per heavy atom. The average molecular weight is 242 g/mol. The van der Waals surface area contributed by atoms with E-state index in [-0.39, 0.29) is 4.90 Å². The first-order valence-corrected chi connectivity index (χ1v) is 6.29. The first-order chi connectivity index (χ1) is 7.44. The number of sulfonamides is 1. The number of anilines is 1. The molecule has 1 heterocycles. The lowest BCUT2D eigenvalue weighted by Gasteiger charge is -2.19. The second kappa shape index (κ2) is 3.55. The highest BCUT2D eigenvalue weighted by molar-refractivity contribution is 7.90. The van der Waals surface area contributed by atoms with E-state index in [4.69, 9.17) is 0 Å². The monoisotopic (exact) mass is 242 g/mol.